The Balaban J connectivity index is 1.29. The van der Waals surface area contributed by atoms with Crippen LogP contribution in [0, 0.1) is 12.8 Å². The van der Waals surface area contributed by atoms with Crippen molar-refractivity contribution < 1.29 is 33.4 Å². The van der Waals surface area contributed by atoms with Gasteiger partial charge in [0, 0.05) is 30.8 Å². The van der Waals surface area contributed by atoms with Crippen molar-refractivity contribution >= 4 is 35.4 Å². The van der Waals surface area contributed by atoms with E-state index in [1.165, 1.54) is 20.2 Å². The molecule has 1 aliphatic heterocycles. The van der Waals surface area contributed by atoms with E-state index < -0.39 is 41.1 Å². The van der Waals surface area contributed by atoms with Crippen LogP contribution in [0.3, 0.4) is 0 Å². The molecule has 1 saturated heterocycles. The highest BCUT2D eigenvalue weighted by molar-refractivity contribution is 5.99. The van der Waals surface area contributed by atoms with Gasteiger partial charge in [0.1, 0.15) is 23.2 Å². The summed E-state index contributed by atoms with van der Waals surface area (Å²) in [5.41, 5.74) is 1.14. The van der Waals surface area contributed by atoms with E-state index in [4.69, 9.17) is 9.47 Å². The first-order chi connectivity index (χ1) is 26.6. The molecule has 1 aliphatic rings. The number of carbonyl (C=O) groups excluding carboxylic acids is 5. The van der Waals surface area contributed by atoms with Crippen LogP contribution in [-0.4, -0.2) is 80.9 Å². The van der Waals surface area contributed by atoms with E-state index in [2.05, 4.69) is 20.9 Å². The summed E-state index contributed by atoms with van der Waals surface area (Å²) < 4.78 is 12.8. The van der Waals surface area contributed by atoms with Crippen molar-refractivity contribution in [2.75, 3.05) is 25.0 Å². The number of benzene rings is 3. The van der Waals surface area contributed by atoms with Gasteiger partial charge in [0.25, 0.3) is 5.91 Å². The van der Waals surface area contributed by atoms with Gasteiger partial charge in [-0.05, 0) is 65.5 Å². The molecule has 296 valence electrons. The number of hydrogen-bond acceptors (Lipinski definition) is 8. The van der Waals surface area contributed by atoms with Crippen molar-refractivity contribution in [1.29, 1.82) is 0 Å². The topological polar surface area (TPSA) is 161 Å². The minimum Gasteiger partial charge on any atom is -0.444 e. The Morgan fingerprint density at radius 3 is 2.11 bits per heavy atom. The van der Waals surface area contributed by atoms with Crippen LogP contribution in [0.4, 0.5) is 10.6 Å². The van der Waals surface area contributed by atoms with Crippen LogP contribution in [0.15, 0.2) is 97.5 Å². The Labute approximate surface area is 328 Å². The molecule has 13 nitrogen and oxygen atoms in total. The SMILES string of the molecule is Cc1ccc(C(=O)C2CCN(C(=O)C(c3ccccc3)n3cnc(NC(=O)C(COCc4ccccc4)NC(=O)C(C)(C)NC(=O)OC(C)(C)C)c3)CC2)cc1. The predicted octanol–water partition coefficient (Wildman–Crippen LogP) is 5.85. The van der Waals surface area contributed by atoms with Crippen LogP contribution in [0.1, 0.15) is 80.6 Å². The molecule has 0 saturated carbocycles. The number of anilines is 1. The fourth-order valence-electron chi connectivity index (χ4n) is 6.33. The Morgan fingerprint density at radius 1 is 0.857 bits per heavy atom. The number of likely N-dealkylation sites (tertiary alicyclic amines) is 1. The van der Waals surface area contributed by atoms with Gasteiger partial charge in [-0.3, -0.25) is 19.2 Å². The highest BCUT2D eigenvalue weighted by atomic mass is 16.6. The summed E-state index contributed by atoms with van der Waals surface area (Å²) in [5, 5.41) is 8.03. The number of nitrogens with one attached hydrogen (secondary N) is 3. The van der Waals surface area contributed by atoms with Gasteiger partial charge in [-0.1, -0.05) is 90.5 Å². The van der Waals surface area contributed by atoms with Crippen LogP contribution in [-0.2, 0) is 30.5 Å². The first-order valence-corrected chi connectivity index (χ1v) is 18.8. The minimum absolute atomic E-state index is 0.0922. The number of piperidine rings is 1. The lowest BCUT2D eigenvalue weighted by atomic mass is 9.88. The van der Waals surface area contributed by atoms with Crippen LogP contribution >= 0.6 is 0 Å². The Bertz CT molecular complexity index is 1960. The van der Waals surface area contributed by atoms with Crippen molar-refractivity contribution in [3.8, 4) is 0 Å². The maximum absolute atomic E-state index is 14.2. The number of alkyl carbamates (subject to hydrolysis) is 1. The number of rotatable bonds is 14. The summed E-state index contributed by atoms with van der Waals surface area (Å²) >= 11 is 0. The standard InChI is InChI=1S/C43H52N6O7/c1-29-17-19-32(20-18-29)37(50)33-21-23-48(24-22-33)39(52)36(31-15-11-8-12-16-31)49-25-35(44-28-49)46-38(51)34(27-55-26-30-13-9-7-10-14-30)45-40(53)43(5,6)47-41(54)56-42(2,3)4/h7-20,25,28,33-34,36H,21-24,26-27H2,1-6H3,(H,45,53)(H,46,51)(H,47,54). The number of imidazole rings is 1. The average Bonchev–Trinajstić information content (AvgIpc) is 3.61. The third-order valence-electron chi connectivity index (χ3n) is 9.41. The molecule has 56 heavy (non-hydrogen) atoms. The number of aromatic nitrogens is 2. The van der Waals surface area contributed by atoms with Crippen LogP contribution in [0.5, 0.6) is 0 Å². The summed E-state index contributed by atoms with van der Waals surface area (Å²) in [6.07, 6.45) is 3.36. The highest BCUT2D eigenvalue weighted by Crippen LogP contribution is 2.28. The smallest absolute Gasteiger partial charge is 0.408 e. The van der Waals surface area contributed by atoms with Gasteiger partial charge in [-0.25, -0.2) is 9.78 Å². The van der Waals surface area contributed by atoms with Crippen LogP contribution < -0.4 is 16.0 Å². The van der Waals surface area contributed by atoms with E-state index in [0.717, 1.165) is 16.7 Å². The number of aryl methyl sites for hydroxylation is 1. The Kier molecular flexibility index (Phi) is 13.4. The zero-order valence-electron chi connectivity index (χ0n) is 32.9. The molecule has 3 N–H and O–H groups in total. The number of amides is 4. The van der Waals surface area contributed by atoms with E-state index in [-0.39, 0.29) is 36.6 Å². The lowest BCUT2D eigenvalue weighted by Gasteiger charge is -2.34. The van der Waals surface area contributed by atoms with Crippen molar-refractivity contribution in [1.82, 2.24) is 25.1 Å². The van der Waals surface area contributed by atoms with Gasteiger partial charge in [0.2, 0.25) is 11.8 Å². The maximum Gasteiger partial charge on any atom is 0.408 e. The molecular formula is C43H52N6O7. The zero-order valence-corrected chi connectivity index (χ0v) is 32.9. The van der Waals surface area contributed by atoms with Crippen molar-refractivity contribution in [3.63, 3.8) is 0 Å². The van der Waals surface area contributed by atoms with Gasteiger partial charge < -0.3 is 34.9 Å². The van der Waals surface area contributed by atoms with Gasteiger partial charge in [0.05, 0.1) is 19.5 Å². The molecule has 0 radical (unpaired) electrons. The average molecular weight is 765 g/mol. The molecule has 2 atom stereocenters. The van der Waals surface area contributed by atoms with E-state index in [9.17, 15) is 24.0 Å². The third-order valence-corrected chi connectivity index (χ3v) is 9.41. The molecule has 0 bridgehead atoms. The molecule has 3 aromatic carbocycles. The summed E-state index contributed by atoms with van der Waals surface area (Å²) in [6.45, 7) is 11.0. The molecule has 4 aromatic rings. The van der Waals surface area contributed by atoms with Crippen LogP contribution in [0.2, 0.25) is 0 Å². The Morgan fingerprint density at radius 2 is 1.48 bits per heavy atom. The number of hydrogen-bond donors (Lipinski definition) is 3. The molecule has 5 rings (SSSR count). The first kappa shape index (κ1) is 41.3. The van der Waals surface area contributed by atoms with Gasteiger partial charge in [-0.15, -0.1) is 0 Å². The lowest BCUT2D eigenvalue weighted by Crippen LogP contribution is -2.59. The second-order valence-corrected chi connectivity index (χ2v) is 15.6. The molecular weight excluding hydrogens is 713 g/mol. The summed E-state index contributed by atoms with van der Waals surface area (Å²) in [4.78, 5) is 73.4. The van der Waals surface area contributed by atoms with E-state index in [1.54, 1.807) is 36.4 Å². The third kappa shape index (κ3) is 11.4. The molecule has 1 aromatic heterocycles. The fraction of sp³-hybridized carbons (Fsp3) is 0.395. The first-order valence-electron chi connectivity index (χ1n) is 18.8. The number of Topliss-reactive ketones (excluding diaryl/α,β-unsaturated/α-hetero) is 1. The van der Waals surface area contributed by atoms with E-state index in [0.29, 0.717) is 31.5 Å². The van der Waals surface area contributed by atoms with Crippen molar-refractivity contribution in [3.05, 3.63) is 120 Å². The largest absolute Gasteiger partial charge is 0.444 e. The lowest BCUT2D eigenvalue weighted by molar-refractivity contribution is -0.134. The minimum atomic E-state index is -1.45. The number of carbonyl (C=O) groups is 5. The number of ether oxygens (including phenoxy) is 2. The fourth-order valence-corrected chi connectivity index (χ4v) is 6.33. The van der Waals surface area contributed by atoms with E-state index in [1.807, 2.05) is 91.9 Å². The summed E-state index contributed by atoms with van der Waals surface area (Å²) in [5.74, 6) is -1.35. The number of ketones is 1. The second kappa shape index (κ2) is 18.2. The van der Waals surface area contributed by atoms with Crippen molar-refractivity contribution in [2.24, 2.45) is 5.92 Å². The molecule has 13 heteroatoms. The van der Waals surface area contributed by atoms with Crippen LogP contribution in [0.25, 0.3) is 0 Å². The number of nitrogens with zero attached hydrogens (tertiary/aromatic N) is 3. The normalized spacial score (nSPS) is 14.6. The second-order valence-electron chi connectivity index (χ2n) is 15.6. The maximum atomic E-state index is 14.2. The summed E-state index contributed by atoms with van der Waals surface area (Å²) in [7, 11) is 0. The quantitative estimate of drug-likeness (QED) is 0.135. The summed E-state index contributed by atoms with van der Waals surface area (Å²) in [6, 6.07) is 24.3. The molecule has 2 unspecified atom stereocenters. The molecule has 0 aliphatic carbocycles. The highest BCUT2D eigenvalue weighted by Gasteiger charge is 2.36. The molecule has 1 fully saturated rings. The Hall–Kier alpha value is -5.82. The van der Waals surface area contributed by atoms with Crippen molar-refractivity contribution in [2.45, 2.75) is 84.2 Å². The monoisotopic (exact) mass is 764 g/mol. The molecule has 0 spiro atoms. The predicted molar refractivity (Wildman–Crippen MR) is 212 cm³/mol. The molecule has 2 heterocycles. The van der Waals surface area contributed by atoms with E-state index >= 15 is 0 Å². The van der Waals surface area contributed by atoms with Gasteiger partial charge in [0.15, 0.2) is 11.6 Å². The zero-order chi connectivity index (χ0) is 40.5. The van der Waals surface area contributed by atoms with Gasteiger partial charge in [-0.2, -0.15) is 0 Å². The van der Waals surface area contributed by atoms with Gasteiger partial charge >= 0.3 is 6.09 Å². The molecule has 4 amide bonds.